The van der Waals surface area contributed by atoms with Gasteiger partial charge >= 0.3 is 5.97 Å². The number of carboxylic acid groups (broad SMARTS) is 1. The van der Waals surface area contributed by atoms with Gasteiger partial charge in [0.2, 0.25) is 0 Å². The SMILES string of the molecule is C=C(O)C(N)=O.C=CC(=O)O.OCCO. The third kappa shape index (κ3) is 47.2. The van der Waals surface area contributed by atoms with Gasteiger partial charge in [-0.2, -0.15) is 0 Å². The minimum Gasteiger partial charge on any atom is -0.503 e. The maximum atomic E-state index is 9.57. The highest BCUT2D eigenvalue weighted by Gasteiger charge is 1.90. The molecule has 0 bridgehead atoms. The van der Waals surface area contributed by atoms with E-state index in [1.165, 1.54) is 0 Å². The number of nitrogens with two attached hydrogens (primary N) is 1. The van der Waals surface area contributed by atoms with Crippen LogP contribution in [-0.2, 0) is 9.59 Å². The van der Waals surface area contributed by atoms with Gasteiger partial charge < -0.3 is 26.2 Å². The van der Waals surface area contributed by atoms with Gasteiger partial charge in [0.15, 0.2) is 5.76 Å². The number of hydrogen-bond acceptors (Lipinski definition) is 5. The number of aliphatic carboxylic acids is 1. The van der Waals surface area contributed by atoms with Crippen molar-refractivity contribution in [2.45, 2.75) is 0 Å². The van der Waals surface area contributed by atoms with Crippen LogP contribution in [0.25, 0.3) is 0 Å². The summed E-state index contributed by atoms with van der Waals surface area (Å²) in [5.74, 6) is -2.46. The molecule has 0 aliphatic heterocycles. The summed E-state index contributed by atoms with van der Waals surface area (Å²) in [6, 6.07) is 0. The van der Waals surface area contributed by atoms with Crippen molar-refractivity contribution in [3.8, 4) is 0 Å². The summed E-state index contributed by atoms with van der Waals surface area (Å²) in [5.41, 5.74) is 4.45. The molecule has 0 heterocycles. The van der Waals surface area contributed by atoms with Crippen LogP contribution in [0.15, 0.2) is 25.0 Å². The van der Waals surface area contributed by atoms with E-state index in [0.29, 0.717) is 0 Å². The van der Waals surface area contributed by atoms with Crippen LogP contribution in [0.2, 0.25) is 0 Å². The molecule has 0 radical (unpaired) electrons. The Balaban J connectivity index is -0.000000147. The Bertz CT molecular complexity index is 199. The average Bonchev–Trinajstić information content (AvgIpc) is 2.19. The summed E-state index contributed by atoms with van der Waals surface area (Å²) in [7, 11) is 0. The molecular weight excluding hydrogens is 206 g/mol. The highest BCUT2D eigenvalue weighted by molar-refractivity contribution is 5.88. The van der Waals surface area contributed by atoms with Gasteiger partial charge in [-0.15, -0.1) is 0 Å². The molecule has 7 heteroatoms. The molecule has 0 aromatic rings. The van der Waals surface area contributed by atoms with Crippen LogP contribution >= 0.6 is 0 Å². The molecule has 0 aromatic carbocycles. The Morgan fingerprint density at radius 3 is 1.40 bits per heavy atom. The van der Waals surface area contributed by atoms with Crippen LogP contribution in [0.3, 0.4) is 0 Å². The van der Waals surface area contributed by atoms with Gasteiger partial charge in [0.05, 0.1) is 13.2 Å². The van der Waals surface area contributed by atoms with Crippen molar-refractivity contribution in [2.24, 2.45) is 5.73 Å². The summed E-state index contributed by atoms with van der Waals surface area (Å²) >= 11 is 0. The van der Waals surface area contributed by atoms with Crippen molar-refractivity contribution >= 4 is 11.9 Å². The molecule has 0 unspecified atom stereocenters. The quantitative estimate of drug-likeness (QED) is 0.298. The zero-order valence-corrected chi connectivity index (χ0v) is 8.09. The Morgan fingerprint density at radius 2 is 1.40 bits per heavy atom. The molecule has 6 N–H and O–H groups in total. The Morgan fingerprint density at radius 1 is 1.20 bits per heavy atom. The van der Waals surface area contributed by atoms with E-state index < -0.39 is 17.6 Å². The lowest BCUT2D eigenvalue weighted by Gasteiger charge is -1.81. The van der Waals surface area contributed by atoms with Crippen molar-refractivity contribution in [1.82, 2.24) is 0 Å². The van der Waals surface area contributed by atoms with E-state index in [0.717, 1.165) is 6.08 Å². The second-order valence-corrected chi connectivity index (χ2v) is 1.80. The molecule has 0 aliphatic carbocycles. The first-order chi connectivity index (χ1) is 6.83. The molecule has 88 valence electrons. The number of carbonyl (C=O) groups excluding carboxylic acids is 1. The van der Waals surface area contributed by atoms with E-state index in [9.17, 15) is 9.59 Å². The van der Waals surface area contributed by atoms with Crippen molar-refractivity contribution in [2.75, 3.05) is 13.2 Å². The van der Waals surface area contributed by atoms with Crippen molar-refractivity contribution in [3.63, 3.8) is 0 Å². The van der Waals surface area contributed by atoms with Crippen LogP contribution in [0.5, 0.6) is 0 Å². The summed E-state index contributed by atoms with van der Waals surface area (Å²) in [5, 5.41) is 30.8. The van der Waals surface area contributed by atoms with Crippen LogP contribution in [0.4, 0.5) is 0 Å². The molecule has 0 atom stereocenters. The third-order valence-electron chi connectivity index (χ3n) is 0.559. The fourth-order valence-electron chi connectivity index (χ4n) is 0. The maximum Gasteiger partial charge on any atom is 0.327 e. The van der Waals surface area contributed by atoms with Crippen LogP contribution in [0.1, 0.15) is 0 Å². The molecule has 0 aliphatic rings. The Hall–Kier alpha value is -1.86. The van der Waals surface area contributed by atoms with Crippen molar-refractivity contribution < 1.29 is 30.0 Å². The molecule has 1 amide bonds. The molecule has 0 rings (SSSR count). The summed E-state index contributed by atoms with van der Waals surface area (Å²) < 4.78 is 0. The fourth-order valence-corrected chi connectivity index (χ4v) is 0. The lowest BCUT2D eigenvalue weighted by atomic mass is 10.6. The lowest BCUT2D eigenvalue weighted by molar-refractivity contribution is -0.131. The molecule has 15 heavy (non-hydrogen) atoms. The topological polar surface area (TPSA) is 141 Å². The van der Waals surface area contributed by atoms with Gasteiger partial charge in [-0.05, 0) is 0 Å². The van der Waals surface area contributed by atoms with E-state index in [1.54, 1.807) is 0 Å². The number of hydrogen-bond donors (Lipinski definition) is 5. The third-order valence-corrected chi connectivity index (χ3v) is 0.559. The summed E-state index contributed by atoms with van der Waals surface area (Å²) in [6.07, 6.45) is 0.833. The van der Waals surface area contributed by atoms with Crippen LogP contribution < -0.4 is 5.73 Å². The summed E-state index contributed by atoms with van der Waals surface area (Å²) in [4.78, 5) is 18.8. The minimum absolute atomic E-state index is 0.125. The standard InChI is InChI=1S/C3H5NO2.C3H4O2.C2H6O2/c1-2(5)3(4)6;1-2-3(4)5;3-1-2-4/h5H,1H2,(H2,4,6);2H,1H2,(H,4,5);3-4H,1-2H2. The van der Waals surface area contributed by atoms with Gasteiger partial charge in [0.1, 0.15) is 0 Å². The second-order valence-electron chi connectivity index (χ2n) is 1.80. The van der Waals surface area contributed by atoms with Gasteiger partial charge in [0.25, 0.3) is 5.91 Å². The Labute approximate surface area is 86.8 Å². The Kier molecular flexibility index (Phi) is 18.4. The monoisotopic (exact) mass is 221 g/mol. The normalized spacial score (nSPS) is 7.07. The van der Waals surface area contributed by atoms with E-state index in [1.807, 2.05) is 0 Å². The number of carboxylic acids is 1. The first-order valence-electron chi connectivity index (χ1n) is 3.58. The van der Waals surface area contributed by atoms with E-state index in [-0.39, 0.29) is 13.2 Å². The van der Waals surface area contributed by atoms with Gasteiger partial charge in [-0.25, -0.2) is 4.79 Å². The van der Waals surface area contributed by atoms with Gasteiger partial charge in [0, 0.05) is 6.08 Å². The number of carbonyl (C=O) groups is 2. The van der Waals surface area contributed by atoms with Gasteiger partial charge in [-0.3, -0.25) is 4.79 Å². The molecule has 0 saturated heterocycles. The van der Waals surface area contributed by atoms with Gasteiger partial charge in [-0.1, -0.05) is 13.2 Å². The smallest absolute Gasteiger partial charge is 0.327 e. The number of aliphatic hydroxyl groups excluding tert-OH is 3. The first-order valence-corrected chi connectivity index (χ1v) is 3.58. The molecule has 7 nitrogen and oxygen atoms in total. The zero-order valence-electron chi connectivity index (χ0n) is 8.09. The van der Waals surface area contributed by atoms with Crippen LogP contribution in [-0.4, -0.2) is 45.5 Å². The predicted octanol–water partition coefficient (Wildman–Crippen LogP) is -1.23. The first kappa shape index (κ1) is 18.8. The predicted molar refractivity (Wildman–Crippen MR) is 53.0 cm³/mol. The number of rotatable bonds is 3. The van der Waals surface area contributed by atoms with E-state index in [2.05, 4.69) is 18.9 Å². The molecule has 0 fully saturated rings. The molecule has 0 aromatic heterocycles. The van der Waals surface area contributed by atoms with Crippen LogP contribution in [0, 0.1) is 0 Å². The van der Waals surface area contributed by atoms with E-state index in [4.69, 9.17) is 20.4 Å². The average molecular weight is 221 g/mol. The number of primary amides is 1. The molecular formula is C8H15NO6. The number of aliphatic hydroxyl groups is 3. The minimum atomic E-state index is -0.981. The summed E-state index contributed by atoms with van der Waals surface area (Å²) in [6.45, 7) is 5.55. The highest BCUT2D eigenvalue weighted by Crippen LogP contribution is 1.71. The molecule has 0 saturated carbocycles. The molecule has 0 spiro atoms. The highest BCUT2D eigenvalue weighted by atomic mass is 16.4. The maximum absolute atomic E-state index is 9.57. The van der Waals surface area contributed by atoms with E-state index >= 15 is 0 Å². The van der Waals surface area contributed by atoms with Crippen molar-refractivity contribution in [1.29, 1.82) is 0 Å². The zero-order chi connectivity index (χ0) is 12.9. The largest absolute Gasteiger partial charge is 0.503 e. The lowest BCUT2D eigenvalue weighted by Crippen LogP contribution is -2.11. The second kappa shape index (κ2) is 14.7. The van der Waals surface area contributed by atoms with Crippen molar-refractivity contribution in [3.05, 3.63) is 25.0 Å². The number of amides is 1. The fraction of sp³-hybridized carbons (Fsp3) is 0.250.